The number of amides is 1. The Labute approximate surface area is 119 Å². The van der Waals surface area contributed by atoms with Crippen molar-refractivity contribution < 1.29 is 28.2 Å². The maximum atomic E-state index is 12.1. The standard InChI is InChI=1S/C14H15F2NO4/c15-13(16)21-10-5-3-4-9(8-10)11(18)17-14(12(19)20)6-1-2-7-14/h3-5,8,13H,1-2,6-7H2,(H,17,18)(H,19,20). The van der Waals surface area contributed by atoms with Crippen molar-refractivity contribution in [3.05, 3.63) is 29.8 Å². The number of nitrogens with one attached hydrogen (secondary N) is 1. The zero-order chi connectivity index (χ0) is 15.5. The Bertz CT molecular complexity index is 542. The Morgan fingerprint density at radius 3 is 2.52 bits per heavy atom. The molecule has 1 fully saturated rings. The van der Waals surface area contributed by atoms with Gasteiger partial charge in [-0.1, -0.05) is 18.9 Å². The third-order valence-electron chi connectivity index (χ3n) is 3.54. The van der Waals surface area contributed by atoms with Gasteiger partial charge in [-0.25, -0.2) is 4.79 Å². The molecule has 114 valence electrons. The Balaban J connectivity index is 2.14. The molecule has 1 aromatic carbocycles. The number of carboxylic acids is 1. The van der Waals surface area contributed by atoms with Crippen LogP contribution >= 0.6 is 0 Å². The van der Waals surface area contributed by atoms with E-state index in [-0.39, 0.29) is 11.3 Å². The molecule has 0 heterocycles. The van der Waals surface area contributed by atoms with Gasteiger partial charge in [0.05, 0.1) is 0 Å². The fraction of sp³-hybridized carbons (Fsp3) is 0.429. The second-order valence-corrected chi connectivity index (χ2v) is 4.95. The molecule has 1 saturated carbocycles. The van der Waals surface area contributed by atoms with Crippen molar-refractivity contribution in [2.45, 2.75) is 37.8 Å². The average Bonchev–Trinajstić information content (AvgIpc) is 2.88. The van der Waals surface area contributed by atoms with Gasteiger partial charge in [-0.15, -0.1) is 0 Å². The highest BCUT2D eigenvalue weighted by Crippen LogP contribution is 2.30. The zero-order valence-corrected chi connectivity index (χ0v) is 11.1. The number of ether oxygens (including phenoxy) is 1. The number of carbonyl (C=O) groups is 2. The summed E-state index contributed by atoms with van der Waals surface area (Å²) in [6, 6.07) is 5.27. The molecular weight excluding hydrogens is 284 g/mol. The molecule has 0 radical (unpaired) electrons. The molecule has 2 rings (SSSR count). The molecule has 2 N–H and O–H groups in total. The number of alkyl halides is 2. The highest BCUT2D eigenvalue weighted by molar-refractivity contribution is 5.98. The van der Waals surface area contributed by atoms with E-state index in [4.69, 9.17) is 0 Å². The van der Waals surface area contributed by atoms with E-state index in [1.54, 1.807) is 0 Å². The largest absolute Gasteiger partial charge is 0.480 e. The summed E-state index contributed by atoms with van der Waals surface area (Å²) in [5, 5.41) is 11.8. The van der Waals surface area contributed by atoms with Crippen LogP contribution in [0.25, 0.3) is 0 Å². The van der Waals surface area contributed by atoms with Crippen LogP contribution < -0.4 is 10.1 Å². The molecule has 0 unspecified atom stereocenters. The molecule has 0 atom stereocenters. The van der Waals surface area contributed by atoms with Gasteiger partial charge < -0.3 is 15.2 Å². The zero-order valence-electron chi connectivity index (χ0n) is 11.1. The summed E-state index contributed by atoms with van der Waals surface area (Å²) in [5.74, 6) is -1.83. The van der Waals surface area contributed by atoms with Crippen LogP contribution in [0.2, 0.25) is 0 Å². The lowest BCUT2D eigenvalue weighted by molar-refractivity contribution is -0.144. The maximum absolute atomic E-state index is 12.1. The molecule has 0 spiro atoms. The van der Waals surface area contributed by atoms with Gasteiger partial charge in [0.25, 0.3) is 5.91 Å². The van der Waals surface area contributed by atoms with Gasteiger partial charge in [0.1, 0.15) is 11.3 Å². The van der Waals surface area contributed by atoms with Crippen LogP contribution in [0.3, 0.4) is 0 Å². The molecular formula is C14H15F2NO4. The van der Waals surface area contributed by atoms with Gasteiger partial charge in [-0.05, 0) is 31.0 Å². The Morgan fingerprint density at radius 2 is 1.95 bits per heavy atom. The van der Waals surface area contributed by atoms with Crippen LogP contribution in [0.4, 0.5) is 8.78 Å². The third-order valence-corrected chi connectivity index (χ3v) is 3.54. The molecule has 0 saturated heterocycles. The van der Waals surface area contributed by atoms with Crippen molar-refractivity contribution in [3.8, 4) is 5.75 Å². The Kier molecular flexibility index (Phi) is 4.40. The summed E-state index contributed by atoms with van der Waals surface area (Å²) >= 11 is 0. The van der Waals surface area contributed by atoms with E-state index < -0.39 is 24.0 Å². The third kappa shape index (κ3) is 3.48. The van der Waals surface area contributed by atoms with Crippen molar-refractivity contribution in [3.63, 3.8) is 0 Å². The first-order chi connectivity index (χ1) is 9.93. The van der Waals surface area contributed by atoms with E-state index in [2.05, 4.69) is 10.1 Å². The van der Waals surface area contributed by atoms with E-state index >= 15 is 0 Å². The van der Waals surface area contributed by atoms with Crippen molar-refractivity contribution >= 4 is 11.9 Å². The fourth-order valence-corrected chi connectivity index (χ4v) is 2.47. The molecule has 1 aliphatic carbocycles. The minimum atomic E-state index is -2.98. The van der Waals surface area contributed by atoms with Gasteiger partial charge >= 0.3 is 12.6 Å². The maximum Gasteiger partial charge on any atom is 0.387 e. The van der Waals surface area contributed by atoms with Gasteiger partial charge in [0.15, 0.2) is 0 Å². The molecule has 0 aliphatic heterocycles. The first-order valence-electron chi connectivity index (χ1n) is 6.54. The average molecular weight is 299 g/mol. The number of rotatable bonds is 5. The van der Waals surface area contributed by atoms with Crippen LogP contribution in [-0.2, 0) is 4.79 Å². The van der Waals surface area contributed by atoms with Crippen LogP contribution in [0, 0.1) is 0 Å². The SMILES string of the molecule is O=C(NC1(C(=O)O)CCCC1)c1cccc(OC(F)F)c1. The van der Waals surface area contributed by atoms with E-state index in [0.717, 1.165) is 18.9 Å². The number of hydrogen-bond donors (Lipinski definition) is 2. The lowest BCUT2D eigenvalue weighted by Crippen LogP contribution is -2.52. The van der Waals surface area contributed by atoms with Gasteiger partial charge in [-0.3, -0.25) is 4.79 Å². The summed E-state index contributed by atoms with van der Waals surface area (Å²) in [6.45, 7) is -2.98. The van der Waals surface area contributed by atoms with E-state index in [1.165, 1.54) is 18.2 Å². The van der Waals surface area contributed by atoms with Crippen LogP contribution in [-0.4, -0.2) is 29.1 Å². The number of benzene rings is 1. The van der Waals surface area contributed by atoms with Gasteiger partial charge in [0, 0.05) is 5.56 Å². The minimum Gasteiger partial charge on any atom is -0.480 e. The Hall–Kier alpha value is -2.18. The van der Waals surface area contributed by atoms with Crippen molar-refractivity contribution in [1.82, 2.24) is 5.32 Å². The lowest BCUT2D eigenvalue weighted by atomic mass is 9.97. The van der Waals surface area contributed by atoms with E-state index in [9.17, 15) is 23.5 Å². The van der Waals surface area contributed by atoms with Crippen LogP contribution in [0.1, 0.15) is 36.0 Å². The predicted octanol–water partition coefficient (Wildman–Crippen LogP) is 2.42. The number of aliphatic carboxylic acids is 1. The second kappa shape index (κ2) is 6.07. The summed E-state index contributed by atoms with van der Waals surface area (Å²) in [7, 11) is 0. The molecule has 0 bridgehead atoms. The highest BCUT2D eigenvalue weighted by atomic mass is 19.3. The monoisotopic (exact) mass is 299 g/mol. The van der Waals surface area contributed by atoms with Crippen LogP contribution in [0.15, 0.2) is 24.3 Å². The molecule has 1 aromatic rings. The second-order valence-electron chi connectivity index (χ2n) is 4.95. The number of carboxylic acid groups (broad SMARTS) is 1. The topological polar surface area (TPSA) is 75.6 Å². The van der Waals surface area contributed by atoms with Crippen molar-refractivity contribution in [1.29, 1.82) is 0 Å². The molecule has 7 heteroatoms. The predicted molar refractivity (Wildman–Crippen MR) is 69.4 cm³/mol. The summed E-state index contributed by atoms with van der Waals surface area (Å²) < 4.78 is 28.5. The number of hydrogen-bond acceptors (Lipinski definition) is 3. The highest BCUT2D eigenvalue weighted by Gasteiger charge is 2.42. The molecule has 1 aliphatic rings. The van der Waals surface area contributed by atoms with E-state index in [0.29, 0.717) is 12.8 Å². The fourth-order valence-electron chi connectivity index (χ4n) is 2.47. The molecule has 5 nitrogen and oxygen atoms in total. The minimum absolute atomic E-state index is 0.0840. The lowest BCUT2D eigenvalue weighted by Gasteiger charge is -2.25. The quantitative estimate of drug-likeness (QED) is 0.875. The molecule has 21 heavy (non-hydrogen) atoms. The normalized spacial score (nSPS) is 16.7. The van der Waals surface area contributed by atoms with Gasteiger partial charge in [-0.2, -0.15) is 8.78 Å². The number of carbonyl (C=O) groups excluding carboxylic acids is 1. The summed E-state index contributed by atoms with van der Waals surface area (Å²) in [5.41, 5.74) is -1.18. The van der Waals surface area contributed by atoms with Crippen molar-refractivity contribution in [2.24, 2.45) is 0 Å². The smallest absolute Gasteiger partial charge is 0.387 e. The van der Waals surface area contributed by atoms with Crippen molar-refractivity contribution in [2.75, 3.05) is 0 Å². The Morgan fingerprint density at radius 1 is 1.29 bits per heavy atom. The van der Waals surface area contributed by atoms with E-state index in [1.807, 2.05) is 0 Å². The van der Waals surface area contributed by atoms with Gasteiger partial charge in [0.2, 0.25) is 0 Å². The first-order valence-corrected chi connectivity index (χ1v) is 6.54. The summed E-state index contributed by atoms with van der Waals surface area (Å²) in [4.78, 5) is 23.5. The summed E-state index contributed by atoms with van der Waals surface area (Å²) in [6.07, 6.45) is 2.17. The molecule has 0 aromatic heterocycles. The molecule has 1 amide bonds. The first kappa shape index (κ1) is 15.2. The number of halogens is 2. The van der Waals surface area contributed by atoms with Crippen LogP contribution in [0.5, 0.6) is 5.75 Å².